The van der Waals surface area contributed by atoms with Crippen molar-refractivity contribution in [3.05, 3.63) is 28.5 Å². The van der Waals surface area contributed by atoms with Crippen LogP contribution in [0, 0.1) is 11.7 Å². The van der Waals surface area contributed by atoms with E-state index in [-0.39, 0.29) is 17.3 Å². The van der Waals surface area contributed by atoms with Crippen LogP contribution in [0.1, 0.15) is 25.7 Å². The Morgan fingerprint density at radius 2 is 1.87 bits per heavy atom. The van der Waals surface area contributed by atoms with E-state index >= 15 is 0 Å². The topological polar surface area (TPSA) is 49.4 Å². The van der Waals surface area contributed by atoms with Crippen molar-refractivity contribution in [3.8, 4) is 0 Å². The standard InChI is InChI=1S/C15H20BrFN2O2S.ClH/c16-14-4-3-12(17)9-15(14)22(20,21)19-7-5-13(6-8-19)18-10-11-1-2-11;/h3-4,9,11,13,18H,1-2,5-8,10H2;1H. The third kappa shape index (κ3) is 4.66. The molecule has 1 N–H and O–H groups in total. The zero-order valence-corrected chi connectivity index (χ0v) is 15.9. The van der Waals surface area contributed by atoms with Gasteiger partial charge in [-0.15, -0.1) is 12.4 Å². The second-order valence-corrected chi connectivity index (χ2v) is 8.87. The smallest absolute Gasteiger partial charge is 0.244 e. The van der Waals surface area contributed by atoms with Gasteiger partial charge in [-0.3, -0.25) is 0 Å². The first-order valence-electron chi connectivity index (χ1n) is 7.65. The molecule has 8 heteroatoms. The summed E-state index contributed by atoms with van der Waals surface area (Å²) in [5.74, 6) is 0.285. The number of hydrogen-bond acceptors (Lipinski definition) is 3. The first kappa shape index (κ1) is 19.1. The van der Waals surface area contributed by atoms with E-state index in [9.17, 15) is 12.8 Å². The quantitative estimate of drug-likeness (QED) is 0.785. The zero-order chi connectivity index (χ0) is 15.7. The fourth-order valence-corrected chi connectivity index (χ4v) is 5.18. The van der Waals surface area contributed by atoms with Crippen LogP contribution in [0.4, 0.5) is 4.39 Å². The van der Waals surface area contributed by atoms with E-state index in [4.69, 9.17) is 0 Å². The van der Waals surface area contributed by atoms with E-state index in [1.165, 1.54) is 29.3 Å². The molecule has 1 aromatic rings. The maximum atomic E-state index is 13.4. The summed E-state index contributed by atoms with van der Waals surface area (Å²) in [5, 5.41) is 3.53. The Morgan fingerprint density at radius 1 is 1.22 bits per heavy atom. The minimum atomic E-state index is -3.64. The highest BCUT2D eigenvalue weighted by Crippen LogP contribution is 2.29. The van der Waals surface area contributed by atoms with Crippen LogP contribution in [-0.2, 0) is 10.0 Å². The van der Waals surface area contributed by atoms with Gasteiger partial charge in [0, 0.05) is 23.6 Å². The van der Waals surface area contributed by atoms with Crippen LogP contribution >= 0.6 is 28.3 Å². The second kappa shape index (κ2) is 7.78. The van der Waals surface area contributed by atoms with E-state index in [1.807, 2.05) is 0 Å². The maximum Gasteiger partial charge on any atom is 0.244 e. The molecule has 2 fully saturated rings. The Balaban J connectivity index is 0.00000192. The molecule has 1 saturated carbocycles. The summed E-state index contributed by atoms with van der Waals surface area (Å²) >= 11 is 3.21. The van der Waals surface area contributed by atoms with Gasteiger partial charge in [0.25, 0.3) is 0 Å². The molecule has 0 unspecified atom stereocenters. The molecule has 130 valence electrons. The van der Waals surface area contributed by atoms with Crippen molar-refractivity contribution in [1.82, 2.24) is 9.62 Å². The molecule has 0 bridgehead atoms. The van der Waals surface area contributed by atoms with Gasteiger partial charge >= 0.3 is 0 Å². The van der Waals surface area contributed by atoms with Crippen molar-refractivity contribution in [3.63, 3.8) is 0 Å². The number of rotatable bonds is 5. The third-order valence-electron chi connectivity index (χ3n) is 4.36. The molecular weight excluding hydrogens is 407 g/mol. The van der Waals surface area contributed by atoms with Crippen LogP contribution in [0.2, 0.25) is 0 Å². The molecule has 0 radical (unpaired) electrons. The molecule has 1 aliphatic carbocycles. The SMILES string of the molecule is Cl.O=S(=O)(c1cc(F)ccc1Br)N1CCC(NCC2CC2)CC1. The van der Waals surface area contributed by atoms with Gasteiger partial charge in [0.05, 0.1) is 4.90 Å². The van der Waals surface area contributed by atoms with Gasteiger partial charge in [0.1, 0.15) is 5.82 Å². The minimum Gasteiger partial charge on any atom is -0.314 e. The summed E-state index contributed by atoms with van der Waals surface area (Å²) in [4.78, 5) is 0.0110. The van der Waals surface area contributed by atoms with Crippen molar-refractivity contribution in [2.75, 3.05) is 19.6 Å². The molecule has 1 heterocycles. The average molecular weight is 428 g/mol. The number of benzene rings is 1. The van der Waals surface area contributed by atoms with Crippen LogP contribution in [-0.4, -0.2) is 38.4 Å². The minimum absolute atomic E-state index is 0. The number of sulfonamides is 1. The largest absolute Gasteiger partial charge is 0.314 e. The third-order valence-corrected chi connectivity index (χ3v) is 7.25. The van der Waals surface area contributed by atoms with Crippen molar-refractivity contribution >= 4 is 38.4 Å². The highest BCUT2D eigenvalue weighted by molar-refractivity contribution is 9.10. The van der Waals surface area contributed by atoms with Gasteiger partial charge in [0.15, 0.2) is 0 Å². The monoisotopic (exact) mass is 426 g/mol. The highest BCUT2D eigenvalue weighted by Gasteiger charge is 2.31. The molecule has 1 saturated heterocycles. The number of halogens is 3. The molecule has 4 nitrogen and oxygen atoms in total. The normalized spacial score (nSPS) is 20.3. The predicted molar refractivity (Wildman–Crippen MR) is 93.9 cm³/mol. The molecule has 1 aromatic carbocycles. The lowest BCUT2D eigenvalue weighted by Crippen LogP contribution is -2.45. The highest BCUT2D eigenvalue weighted by atomic mass is 79.9. The van der Waals surface area contributed by atoms with E-state index in [2.05, 4.69) is 21.2 Å². The van der Waals surface area contributed by atoms with Crippen molar-refractivity contribution in [2.45, 2.75) is 36.6 Å². The van der Waals surface area contributed by atoms with E-state index in [0.717, 1.165) is 31.4 Å². The van der Waals surface area contributed by atoms with Crippen molar-refractivity contribution in [2.24, 2.45) is 5.92 Å². The molecule has 2 aliphatic rings. The van der Waals surface area contributed by atoms with Crippen LogP contribution in [0.15, 0.2) is 27.6 Å². The zero-order valence-electron chi connectivity index (χ0n) is 12.7. The molecular formula is C15H21BrClFN2O2S. The lowest BCUT2D eigenvalue weighted by Gasteiger charge is -2.32. The summed E-state index contributed by atoms with van der Waals surface area (Å²) in [6.07, 6.45) is 4.24. The number of hydrogen-bond donors (Lipinski definition) is 1. The van der Waals surface area contributed by atoms with Crippen LogP contribution in [0.5, 0.6) is 0 Å². The summed E-state index contributed by atoms with van der Waals surface area (Å²) in [6.45, 7) is 2.01. The summed E-state index contributed by atoms with van der Waals surface area (Å²) in [6, 6.07) is 4.16. The average Bonchev–Trinajstić information content (AvgIpc) is 3.32. The Morgan fingerprint density at radius 3 is 2.48 bits per heavy atom. The number of nitrogens with one attached hydrogen (secondary N) is 1. The molecule has 1 aliphatic heterocycles. The maximum absolute atomic E-state index is 13.4. The van der Waals surface area contributed by atoms with Crippen LogP contribution in [0.3, 0.4) is 0 Å². The van der Waals surface area contributed by atoms with Gasteiger partial charge in [-0.2, -0.15) is 4.31 Å². The van der Waals surface area contributed by atoms with Crippen LogP contribution in [0.25, 0.3) is 0 Å². The van der Waals surface area contributed by atoms with Crippen molar-refractivity contribution in [1.29, 1.82) is 0 Å². The van der Waals surface area contributed by atoms with Gasteiger partial charge < -0.3 is 5.32 Å². The van der Waals surface area contributed by atoms with Gasteiger partial charge in [0.2, 0.25) is 10.0 Å². The van der Waals surface area contributed by atoms with E-state index in [1.54, 1.807) is 0 Å². The fraction of sp³-hybridized carbons (Fsp3) is 0.600. The molecule has 3 rings (SSSR count). The Kier molecular flexibility index (Phi) is 6.47. The molecule has 0 spiro atoms. The first-order chi connectivity index (χ1) is 10.5. The lowest BCUT2D eigenvalue weighted by molar-refractivity contribution is 0.288. The lowest BCUT2D eigenvalue weighted by atomic mass is 10.1. The Hall–Kier alpha value is -0.210. The van der Waals surface area contributed by atoms with Gasteiger partial charge in [-0.1, -0.05) is 0 Å². The first-order valence-corrected chi connectivity index (χ1v) is 9.89. The molecule has 0 amide bonds. The molecule has 0 atom stereocenters. The molecule has 0 aromatic heterocycles. The second-order valence-electron chi connectivity index (χ2n) is 6.10. The van der Waals surface area contributed by atoms with Gasteiger partial charge in [-0.25, -0.2) is 12.8 Å². The number of piperidine rings is 1. The predicted octanol–water partition coefficient (Wildman–Crippen LogP) is 3.16. The van der Waals surface area contributed by atoms with E-state index in [0.29, 0.717) is 23.6 Å². The van der Waals surface area contributed by atoms with Gasteiger partial charge in [-0.05, 0) is 72.3 Å². The van der Waals surface area contributed by atoms with Crippen molar-refractivity contribution < 1.29 is 12.8 Å². The molecule has 23 heavy (non-hydrogen) atoms. The summed E-state index contributed by atoms with van der Waals surface area (Å²) in [5.41, 5.74) is 0. The number of nitrogens with zero attached hydrogens (tertiary/aromatic N) is 1. The Bertz CT molecular complexity index is 647. The summed E-state index contributed by atoms with van der Waals surface area (Å²) in [7, 11) is -3.64. The van der Waals surface area contributed by atoms with E-state index < -0.39 is 15.8 Å². The Labute approximate surface area is 151 Å². The van der Waals surface area contributed by atoms with Crippen LogP contribution < -0.4 is 5.32 Å². The summed E-state index contributed by atoms with van der Waals surface area (Å²) < 4.78 is 40.5. The fourth-order valence-electron chi connectivity index (χ4n) is 2.77.